The fourth-order valence-corrected chi connectivity index (χ4v) is 2.79. The number of amides is 2. The van der Waals surface area contributed by atoms with Gasteiger partial charge in [0, 0.05) is 12.1 Å². The van der Waals surface area contributed by atoms with E-state index in [9.17, 15) is 15.0 Å². The summed E-state index contributed by atoms with van der Waals surface area (Å²) in [5, 5.41) is 24.6. The van der Waals surface area contributed by atoms with Crippen LogP contribution in [0.2, 0.25) is 0 Å². The van der Waals surface area contributed by atoms with Crippen molar-refractivity contribution in [2.75, 3.05) is 0 Å². The van der Waals surface area contributed by atoms with Crippen molar-refractivity contribution in [1.82, 2.24) is 10.6 Å². The Morgan fingerprint density at radius 3 is 2.50 bits per heavy atom. The van der Waals surface area contributed by atoms with E-state index in [1.165, 1.54) is 0 Å². The number of rotatable bonds is 5. The molecule has 1 atom stereocenters. The Bertz CT molecular complexity index is 467. The van der Waals surface area contributed by atoms with Crippen molar-refractivity contribution >= 4 is 6.03 Å². The Kier molecular flexibility index (Phi) is 6.07. The lowest BCUT2D eigenvalue weighted by atomic mass is 9.93. The van der Waals surface area contributed by atoms with Crippen molar-refractivity contribution < 1.29 is 15.0 Å². The van der Waals surface area contributed by atoms with Crippen LogP contribution < -0.4 is 10.6 Å². The number of nitrogens with one attached hydrogen (secondary N) is 2. The molecular weight excluding hydrogens is 280 g/mol. The van der Waals surface area contributed by atoms with Gasteiger partial charge in [0.1, 0.15) is 5.75 Å². The molecule has 1 unspecified atom stereocenters. The molecule has 0 bridgehead atoms. The summed E-state index contributed by atoms with van der Waals surface area (Å²) in [7, 11) is 0. The normalized spacial score (nSPS) is 22.8. The van der Waals surface area contributed by atoms with Crippen LogP contribution in [0.3, 0.4) is 0 Å². The maximum Gasteiger partial charge on any atom is 0.315 e. The molecule has 0 radical (unpaired) electrons. The van der Waals surface area contributed by atoms with Gasteiger partial charge in [0.15, 0.2) is 0 Å². The van der Waals surface area contributed by atoms with Gasteiger partial charge in [0.05, 0.1) is 6.10 Å². The zero-order valence-electron chi connectivity index (χ0n) is 13.1. The Balaban J connectivity index is 1.66. The van der Waals surface area contributed by atoms with Crippen molar-refractivity contribution in [3.05, 3.63) is 29.8 Å². The molecule has 5 nitrogen and oxygen atoms in total. The molecule has 2 rings (SSSR count). The minimum atomic E-state index is -0.203. The Labute approximate surface area is 131 Å². The van der Waals surface area contributed by atoms with E-state index in [2.05, 4.69) is 10.6 Å². The molecule has 1 aromatic rings. The molecule has 0 heterocycles. The molecule has 0 saturated heterocycles. The summed E-state index contributed by atoms with van der Waals surface area (Å²) in [6, 6.07) is 7.29. The lowest BCUT2D eigenvalue weighted by molar-refractivity contribution is 0.117. The second-order valence-corrected chi connectivity index (χ2v) is 6.23. The van der Waals surface area contributed by atoms with Crippen LogP contribution >= 0.6 is 0 Å². The minimum absolute atomic E-state index is 0.0861. The summed E-state index contributed by atoms with van der Waals surface area (Å²) in [6.07, 6.45) is 4.72. The first kappa shape index (κ1) is 16.6. The van der Waals surface area contributed by atoms with Crippen LogP contribution in [0.15, 0.2) is 24.3 Å². The summed E-state index contributed by atoms with van der Waals surface area (Å²) >= 11 is 0. The van der Waals surface area contributed by atoms with Crippen molar-refractivity contribution in [3.8, 4) is 5.75 Å². The second kappa shape index (κ2) is 8.03. The maximum atomic E-state index is 11.9. The Morgan fingerprint density at radius 1 is 1.23 bits per heavy atom. The number of aryl methyl sites for hydroxylation is 1. The third kappa shape index (κ3) is 5.56. The zero-order valence-corrected chi connectivity index (χ0v) is 13.1. The van der Waals surface area contributed by atoms with Gasteiger partial charge in [-0.15, -0.1) is 0 Å². The number of aliphatic hydroxyl groups is 1. The number of hydrogen-bond donors (Lipinski definition) is 4. The molecule has 122 valence electrons. The van der Waals surface area contributed by atoms with Crippen LogP contribution in [0.25, 0.3) is 0 Å². The largest absolute Gasteiger partial charge is 0.508 e. The Hall–Kier alpha value is -1.75. The molecule has 1 aliphatic carbocycles. The molecule has 0 spiro atoms. The van der Waals surface area contributed by atoms with E-state index in [4.69, 9.17) is 0 Å². The molecule has 0 aliphatic heterocycles. The predicted octanol–water partition coefficient (Wildman–Crippen LogP) is 2.32. The highest BCUT2D eigenvalue weighted by molar-refractivity contribution is 5.74. The summed E-state index contributed by atoms with van der Waals surface area (Å²) in [5.74, 6) is 0.270. The van der Waals surface area contributed by atoms with E-state index >= 15 is 0 Å². The molecule has 0 aromatic heterocycles. The second-order valence-electron chi connectivity index (χ2n) is 6.23. The molecule has 2 amide bonds. The van der Waals surface area contributed by atoms with Gasteiger partial charge >= 0.3 is 6.03 Å². The molecule has 1 fully saturated rings. The zero-order chi connectivity index (χ0) is 15.9. The van der Waals surface area contributed by atoms with Gasteiger partial charge in [0.2, 0.25) is 0 Å². The first-order valence-electron chi connectivity index (χ1n) is 8.06. The average molecular weight is 306 g/mol. The SMILES string of the molecule is CC(CCc1ccc(O)cc1)NC(=O)NC1CCC(O)CC1. The molecule has 1 saturated carbocycles. The van der Waals surface area contributed by atoms with Crippen LogP contribution in [0, 0.1) is 0 Å². The number of carbonyl (C=O) groups excluding carboxylic acids is 1. The number of phenolic OH excluding ortho intramolecular Hbond substituents is 1. The van der Waals surface area contributed by atoms with Gasteiger partial charge in [-0.3, -0.25) is 0 Å². The quantitative estimate of drug-likeness (QED) is 0.674. The lowest BCUT2D eigenvalue weighted by Gasteiger charge is -2.27. The first-order chi connectivity index (χ1) is 10.5. The van der Waals surface area contributed by atoms with Gasteiger partial charge in [-0.05, 0) is 63.1 Å². The number of aliphatic hydroxyl groups excluding tert-OH is 1. The van der Waals surface area contributed by atoms with Crippen molar-refractivity contribution in [2.45, 2.75) is 63.6 Å². The topological polar surface area (TPSA) is 81.6 Å². The number of phenols is 1. The number of aromatic hydroxyl groups is 1. The van der Waals surface area contributed by atoms with Crippen LogP contribution in [0.4, 0.5) is 4.79 Å². The van der Waals surface area contributed by atoms with Crippen LogP contribution in [-0.4, -0.2) is 34.4 Å². The molecule has 22 heavy (non-hydrogen) atoms. The standard InChI is InChI=1S/C17H26N2O3/c1-12(2-3-13-4-8-15(20)9-5-13)18-17(22)19-14-6-10-16(21)11-7-14/h4-5,8-9,12,14,16,20-21H,2-3,6-7,10-11H2,1H3,(H2,18,19,22). The molecule has 4 N–H and O–H groups in total. The van der Waals surface area contributed by atoms with Gasteiger partial charge in [0.25, 0.3) is 0 Å². The summed E-state index contributed by atoms with van der Waals surface area (Å²) in [4.78, 5) is 11.9. The van der Waals surface area contributed by atoms with E-state index in [0.717, 1.165) is 44.1 Å². The fraction of sp³-hybridized carbons (Fsp3) is 0.588. The Morgan fingerprint density at radius 2 is 1.86 bits per heavy atom. The van der Waals surface area contributed by atoms with E-state index < -0.39 is 0 Å². The summed E-state index contributed by atoms with van der Waals surface area (Å²) in [6.45, 7) is 1.99. The smallest absolute Gasteiger partial charge is 0.315 e. The minimum Gasteiger partial charge on any atom is -0.508 e. The average Bonchev–Trinajstić information content (AvgIpc) is 2.49. The fourth-order valence-electron chi connectivity index (χ4n) is 2.79. The third-order valence-corrected chi connectivity index (χ3v) is 4.21. The highest BCUT2D eigenvalue weighted by atomic mass is 16.3. The first-order valence-corrected chi connectivity index (χ1v) is 8.06. The van der Waals surface area contributed by atoms with Crippen molar-refractivity contribution in [2.24, 2.45) is 0 Å². The monoisotopic (exact) mass is 306 g/mol. The molecule has 1 aromatic carbocycles. The molecular formula is C17H26N2O3. The predicted molar refractivity (Wildman–Crippen MR) is 85.8 cm³/mol. The van der Waals surface area contributed by atoms with E-state index in [-0.39, 0.29) is 30.0 Å². The van der Waals surface area contributed by atoms with Gasteiger partial charge in [-0.1, -0.05) is 12.1 Å². The van der Waals surface area contributed by atoms with E-state index in [1.807, 2.05) is 19.1 Å². The van der Waals surface area contributed by atoms with Crippen LogP contribution in [0.5, 0.6) is 5.75 Å². The molecule has 5 heteroatoms. The third-order valence-electron chi connectivity index (χ3n) is 4.21. The summed E-state index contributed by atoms with van der Waals surface area (Å²) < 4.78 is 0. The van der Waals surface area contributed by atoms with Crippen molar-refractivity contribution in [1.29, 1.82) is 0 Å². The summed E-state index contributed by atoms with van der Waals surface area (Å²) in [5.41, 5.74) is 1.15. The number of hydrogen-bond acceptors (Lipinski definition) is 3. The maximum absolute atomic E-state index is 11.9. The van der Waals surface area contributed by atoms with Crippen LogP contribution in [0.1, 0.15) is 44.6 Å². The highest BCUT2D eigenvalue weighted by Crippen LogP contribution is 2.18. The number of urea groups is 1. The highest BCUT2D eigenvalue weighted by Gasteiger charge is 2.21. The van der Waals surface area contributed by atoms with E-state index in [0.29, 0.717) is 0 Å². The van der Waals surface area contributed by atoms with Crippen LogP contribution in [-0.2, 0) is 6.42 Å². The lowest BCUT2D eigenvalue weighted by Crippen LogP contribution is -2.46. The van der Waals surface area contributed by atoms with Gasteiger partial charge < -0.3 is 20.8 Å². The number of carbonyl (C=O) groups is 1. The molecule has 1 aliphatic rings. The van der Waals surface area contributed by atoms with Gasteiger partial charge in [-0.25, -0.2) is 4.79 Å². The van der Waals surface area contributed by atoms with Crippen molar-refractivity contribution in [3.63, 3.8) is 0 Å². The van der Waals surface area contributed by atoms with Gasteiger partial charge in [-0.2, -0.15) is 0 Å². The van der Waals surface area contributed by atoms with E-state index in [1.54, 1.807) is 12.1 Å². The number of benzene rings is 1.